The molecule has 2 rings (SSSR count). The summed E-state index contributed by atoms with van der Waals surface area (Å²) < 4.78 is 0. The van der Waals surface area contributed by atoms with Crippen LogP contribution >= 0.6 is 0 Å². The molecule has 0 heterocycles. The van der Waals surface area contributed by atoms with E-state index >= 15 is 0 Å². The Morgan fingerprint density at radius 3 is 1.36 bits per heavy atom. The minimum atomic E-state index is -0.0742. The fourth-order valence-electron chi connectivity index (χ4n) is 3.17. The van der Waals surface area contributed by atoms with Crippen molar-refractivity contribution in [3.63, 3.8) is 0 Å². The molecule has 0 fully saturated rings. The molecule has 3 nitrogen and oxygen atoms in total. The third-order valence-corrected chi connectivity index (χ3v) is 5.08. The maximum atomic E-state index is 13.0. The summed E-state index contributed by atoms with van der Waals surface area (Å²) in [6.45, 7) is 12.5. The first-order chi connectivity index (χ1) is 10.3. The summed E-state index contributed by atoms with van der Waals surface area (Å²) in [5.41, 5.74) is 7.27. The standard InChI is InChI=1S/C21H26O.K.2H2O.H/c1-13-9-7-11-19(15(13)3)17(5)21(22)18(6)20-12-8-10-14(2)16(20)4;;;;/h7-12,17-18H,1-6H3;;2*1H2;. The topological polar surface area (TPSA) is 80.1 Å². The molecule has 0 aliphatic heterocycles. The average Bonchev–Trinajstić information content (AvgIpc) is 2.50. The molecular formula is C21H31KO3. The van der Waals surface area contributed by atoms with Crippen molar-refractivity contribution in [1.29, 1.82) is 0 Å². The Morgan fingerprint density at radius 2 is 1.04 bits per heavy atom. The summed E-state index contributed by atoms with van der Waals surface area (Å²) in [6.07, 6.45) is 0. The number of rotatable bonds is 4. The SMILES string of the molecule is Cc1cccc(C(C)C(=O)C(C)c2cccc(C)c2C)c1C.O.O.[KH]. The van der Waals surface area contributed by atoms with Gasteiger partial charge >= 0.3 is 51.4 Å². The van der Waals surface area contributed by atoms with Gasteiger partial charge in [-0.1, -0.05) is 50.2 Å². The summed E-state index contributed by atoms with van der Waals surface area (Å²) in [5.74, 6) is 0.145. The van der Waals surface area contributed by atoms with E-state index in [1.165, 1.54) is 22.3 Å². The first-order valence-electron chi connectivity index (χ1n) is 8.00. The van der Waals surface area contributed by atoms with Crippen molar-refractivity contribution in [3.05, 3.63) is 69.8 Å². The van der Waals surface area contributed by atoms with Crippen molar-refractivity contribution in [3.8, 4) is 0 Å². The van der Waals surface area contributed by atoms with Gasteiger partial charge in [0.1, 0.15) is 5.78 Å². The zero-order chi connectivity index (χ0) is 16.4. The van der Waals surface area contributed by atoms with E-state index in [1.54, 1.807) is 0 Å². The van der Waals surface area contributed by atoms with Gasteiger partial charge in [-0.2, -0.15) is 0 Å². The molecule has 2 aromatic carbocycles. The number of benzene rings is 2. The molecule has 0 aliphatic rings. The molecule has 0 aromatic heterocycles. The molecular weight excluding hydrogens is 339 g/mol. The second-order valence-corrected chi connectivity index (χ2v) is 6.42. The second-order valence-electron chi connectivity index (χ2n) is 6.42. The van der Waals surface area contributed by atoms with E-state index in [1.807, 2.05) is 26.0 Å². The summed E-state index contributed by atoms with van der Waals surface area (Å²) in [7, 11) is 0. The molecule has 0 radical (unpaired) electrons. The zero-order valence-electron chi connectivity index (χ0n) is 15.5. The van der Waals surface area contributed by atoms with Crippen molar-refractivity contribution < 1.29 is 15.7 Å². The van der Waals surface area contributed by atoms with E-state index < -0.39 is 0 Å². The Morgan fingerprint density at radius 1 is 0.720 bits per heavy atom. The number of carbonyl (C=O) groups excluding carboxylic acids is 1. The monoisotopic (exact) mass is 370 g/mol. The van der Waals surface area contributed by atoms with Gasteiger partial charge in [-0.15, -0.1) is 0 Å². The van der Waals surface area contributed by atoms with Crippen LogP contribution in [0.15, 0.2) is 36.4 Å². The molecule has 0 saturated carbocycles. The van der Waals surface area contributed by atoms with Crippen molar-refractivity contribution in [2.45, 2.75) is 53.4 Å². The average molecular weight is 371 g/mol. The van der Waals surface area contributed by atoms with Crippen LogP contribution in [0, 0.1) is 27.7 Å². The molecule has 0 aliphatic carbocycles. The van der Waals surface area contributed by atoms with Gasteiger partial charge in [-0.25, -0.2) is 0 Å². The molecule has 134 valence electrons. The van der Waals surface area contributed by atoms with E-state index in [9.17, 15) is 4.79 Å². The predicted octanol–water partition coefficient (Wildman–Crippen LogP) is 3.10. The minimum absolute atomic E-state index is 0. The van der Waals surface area contributed by atoms with Crippen LogP contribution in [0.3, 0.4) is 0 Å². The second kappa shape index (κ2) is 11.4. The molecule has 2 aromatic rings. The number of Topliss-reactive ketones (excluding diaryl/α,β-unsaturated/α-hetero) is 1. The predicted molar refractivity (Wildman–Crippen MR) is 108 cm³/mol. The molecule has 2 unspecified atom stereocenters. The van der Waals surface area contributed by atoms with Gasteiger partial charge in [0.2, 0.25) is 0 Å². The first kappa shape index (κ1) is 26.9. The molecule has 4 N–H and O–H groups in total. The summed E-state index contributed by atoms with van der Waals surface area (Å²) in [4.78, 5) is 13.0. The molecule has 4 heteroatoms. The summed E-state index contributed by atoms with van der Waals surface area (Å²) in [5, 5.41) is 0. The number of hydrogen-bond acceptors (Lipinski definition) is 1. The van der Waals surface area contributed by atoms with E-state index in [2.05, 4.69) is 52.0 Å². The number of ketones is 1. The quantitative estimate of drug-likeness (QED) is 0.762. The van der Waals surface area contributed by atoms with Crippen LogP contribution in [0.25, 0.3) is 0 Å². The van der Waals surface area contributed by atoms with Crippen LogP contribution in [0.2, 0.25) is 0 Å². The van der Waals surface area contributed by atoms with Gasteiger partial charge in [-0.05, 0) is 61.1 Å². The van der Waals surface area contributed by atoms with Gasteiger partial charge in [-0.3, -0.25) is 4.79 Å². The van der Waals surface area contributed by atoms with Crippen LogP contribution in [-0.2, 0) is 4.79 Å². The van der Waals surface area contributed by atoms with Crippen molar-refractivity contribution in [2.24, 2.45) is 0 Å². The molecule has 0 saturated heterocycles. The Labute approximate surface area is 194 Å². The van der Waals surface area contributed by atoms with Gasteiger partial charge in [0.05, 0.1) is 0 Å². The number of hydrogen-bond donors (Lipinski definition) is 0. The third-order valence-electron chi connectivity index (χ3n) is 5.08. The normalized spacial score (nSPS) is 12.1. The first-order valence-corrected chi connectivity index (χ1v) is 8.00. The fraction of sp³-hybridized carbons (Fsp3) is 0.381. The zero-order valence-corrected chi connectivity index (χ0v) is 15.5. The van der Waals surface area contributed by atoms with Crippen LogP contribution < -0.4 is 0 Å². The Bertz CT molecular complexity index is 651. The van der Waals surface area contributed by atoms with Gasteiger partial charge < -0.3 is 11.0 Å². The van der Waals surface area contributed by atoms with E-state index in [4.69, 9.17) is 0 Å². The van der Waals surface area contributed by atoms with Crippen molar-refractivity contribution >= 4 is 57.2 Å². The molecule has 0 spiro atoms. The summed E-state index contributed by atoms with van der Waals surface area (Å²) >= 11 is 0. The van der Waals surface area contributed by atoms with Gasteiger partial charge in [0.25, 0.3) is 0 Å². The van der Waals surface area contributed by atoms with E-state index in [-0.39, 0.29) is 74.2 Å². The molecule has 0 amide bonds. The molecule has 0 bridgehead atoms. The van der Waals surface area contributed by atoms with Crippen molar-refractivity contribution in [2.75, 3.05) is 0 Å². The molecule has 2 atom stereocenters. The van der Waals surface area contributed by atoms with Gasteiger partial charge in [0, 0.05) is 11.8 Å². The van der Waals surface area contributed by atoms with E-state index in [0.717, 1.165) is 11.1 Å². The van der Waals surface area contributed by atoms with Gasteiger partial charge in [0.15, 0.2) is 0 Å². The van der Waals surface area contributed by atoms with E-state index in [0.29, 0.717) is 5.78 Å². The number of carbonyl (C=O) groups is 1. The van der Waals surface area contributed by atoms with Crippen molar-refractivity contribution in [1.82, 2.24) is 0 Å². The van der Waals surface area contributed by atoms with Crippen LogP contribution in [0.1, 0.15) is 59.1 Å². The Kier molecular flexibility index (Phi) is 12.3. The Hall–Kier alpha value is -0.334. The van der Waals surface area contributed by atoms with Crippen LogP contribution in [0.4, 0.5) is 0 Å². The maximum absolute atomic E-state index is 13.0. The summed E-state index contributed by atoms with van der Waals surface area (Å²) in [6, 6.07) is 12.5. The van der Waals surface area contributed by atoms with Crippen LogP contribution in [0.5, 0.6) is 0 Å². The number of aryl methyl sites for hydroxylation is 2. The third kappa shape index (κ3) is 5.83. The Balaban J connectivity index is 0. The fourth-order valence-corrected chi connectivity index (χ4v) is 3.17. The van der Waals surface area contributed by atoms with Crippen LogP contribution in [-0.4, -0.2) is 68.1 Å². The molecule has 25 heavy (non-hydrogen) atoms.